The highest BCUT2D eigenvalue weighted by molar-refractivity contribution is 5.85. The number of carboxylic acids is 1. The Bertz CT molecular complexity index is 543. The summed E-state index contributed by atoms with van der Waals surface area (Å²) < 4.78 is 18.1. The maximum Gasteiger partial charge on any atom is 0.371 e. The van der Waals surface area contributed by atoms with E-state index in [0.29, 0.717) is 11.3 Å². The molecule has 3 nitrogen and oxygen atoms in total. The van der Waals surface area contributed by atoms with Gasteiger partial charge in [-0.15, -0.1) is 0 Å². The fourth-order valence-corrected chi connectivity index (χ4v) is 1.46. The highest BCUT2D eigenvalue weighted by atomic mass is 19.1. The number of hydrogen-bond donors (Lipinski definition) is 1. The molecule has 4 heteroatoms. The van der Waals surface area contributed by atoms with E-state index < -0.39 is 5.97 Å². The molecule has 0 spiro atoms. The molecule has 0 amide bonds. The van der Waals surface area contributed by atoms with E-state index in [1.165, 1.54) is 24.3 Å². The second kappa shape index (κ2) is 3.81. The van der Waals surface area contributed by atoms with Crippen LogP contribution in [0.15, 0.2) is 34.7 Å². The van der Waals surface area contributed by atoms with Gasteiger partial charge in [0.25, 0.3) is 0 Å². The summed E-state index contributed by atoms with van der Waals surface area (Å²) >= 11 is 0. The Balaban J connectivity index is 2.50. The lowest BCUT2D eigenvalue weighted by Crippen LogP contribution is -1.91. The molecule has 16 heavy (non-hydrogen) atoms. The van der Waals surface area contributed by atoms with Gasteiger partial charge in [-0.25, -0.2) is 9.18 Å². The number of carbonyl (C=O) groups is 1. The minimum absolute atomic E-state index is 0.154. The Kier molecular flexibility index (Phi) is 2.48. The number of furan rings is 1. The van der Waals surface area contributed by atoms with Crippen LogP contribution in [0.25, 0.3) is 11.3 Å². The Morgan fingerprint density at radius 2 is 2.06 bits per heavy atom. The van der Waals surface area contributed by atoms with Crippen LogP contribution in [0.4, 0.5) is 4.39 Å². The first-order valence-corrected chi connectivity index (χ1v) is 4.67. The molecule has 1 N–H and O–H groups in total. The van der Waals surface area contributed by atoms with E-state index in [2.05, 4.69) is 0 Å². The van der Waals surface area contributed by atoms with Gasteiger partial charge in [0, 0.05) is 5.56 Å². The molecule has 0 atom stereocenters. The zero-order valence-corrected chi connectivity index (χ0v) is 8.53. The van der Waals surface area contributed by atoms with Crippen LogP contribution in [0, 0.1) is 12.7 Å². The van der Waals surface area contributed by atoms with E-state index in [4.69, 9.17) is 9.52 Å². The van der Waals surface area contributed by atoms with Gasteiger partial charge in [0.05, 0.1) is 0 Å². The van der Waals surface area contributed by atoms with Crippen LogP contribution in [-0.2, 0) is 0 Å². The van der Waals surface area contributed by atoms with Gasteiger partial charge in [0.2, 0.25) is 5.76 Å². The predicted octanol–water partition coefficient (Wildman–Crippen LogP) is 3.09. The van der Waals surface area contributed by atoms with Gasteiger partial charge < -0.3 is 9.52 Å². The topological polar surface area (TPSA) is 50.4 Å². The van der Waals surface area contributed by atoms with Crippen LogP contribution in [0.1, 0.15) is 16.1 Å². The van der Waals surface area contributed by atoms with Gasteiger partial charge in [-0.2, -0.15) is 0 Å². The van der Waals surface area contributed by atoms with E-state index in [9.17, 15) is 9.18 Å². The summed E-state index contributed by atoms with van der Waals surface area (Å²) in [6, 6.07) is 7.15. The molecule has 0 radical (unpaired) electrons. The van der Waals surface area contributed by atoms with Gasteiger partial charge in [0.1, 0.15) is 11.6 Å². The van der Waals surface area contributed by atoms with Crippen molar-refractivity contribution in [3.05, 3.63) is 47.5 Å². The fraction of sp³-hybridized carbons (Fsp3) is 0.0833. The van der Waals surface area contributed by atoms with Gasteiger partial charge in [-0.1, -0.05) is 6.07 Å². The zero-order valence-electron chi connectivity index (χ0n) is 8.53. The van der Waals surface area contributed by atoms with Crippen LogP contribution >= 0.6 is 0 Å². The van der Waals surface area contributed by atoms with Crippen molar-refractivity contribution in [2.45, 2.75) is 6.92 Å². The standard InChI is InChI=1S/C12H9FO3/c1-7-2-3-8(13)6-9(7)10-4-5-11(16-10)12(14)15/h2-6H,1H3,(H,14,15). The number of aromatic carboxylic acids is 1. The normalized spacial score (nSPS) is 10.4. The molecular weight excluding hydrogens is 211 g/mol. The minimum Gasteiger partial charge on any atom is -0.475 e. The van der Waals surface area contributed by atoms with E-state index in [0.717, 1.165) is 5.56 Å². The van der Waals surface area contributed by atoms with E-state index in [1.54, 1.807) is 13.0 Å². The van der Waals surface area contributed by atoms with Gasteiger partial charge in [-0.05, 0) is 36.8 Å². The summed E-state index contributed by atoms with van der Waals surface area (Å²) in [5.41, 5.74) is 1.39. The van der Waals surface area contributed by atoms with Crippen LogP contribution in [0.5, 0.6) is 0 Å². The molecule has 0 unspecified atom stereocenters. The van der Waals surface area contributed by atoms with Gasteiger partial charge >= 0.3 is 5.97 Å². The van der Waals surface area contributed by atoms with Crippen LogP contribution in [0.3, 0.4) is 0 Å². The quantitative estimate of drug-likeness (QED) is 0.845. The number of aryl methyl sites for hydroxylation is 1. The lowest BCUT2D eigenvalue weighted by molar-refractivity contribution is 0.0663. The molecule has 82 valence electrons. The first-order valence-electron chi connectivity index (χ1n) is 4.67. The van der Waals surface area contributed by atoms with E-state index >= 15 is 0 Å². The molecule has 1 aromatic heterocycles. The second-order valence-electron chi connectivity index (χ2n) is 3.43. The first-order chi connectivity index (χ1) is 7.58. The van der Waals surface area contributed by atoms with E-state index in [1.807, 2.05) is 0 Å². The summed E-state index contributed by atoms with van der Waals surface area (Å²) in [5, 5.41) is 8.70. The molecule has 0 saturated heterocycles. The maximum atomic E-state index is 13.0. The summed E-state index contributed by atoms with van der Waals surface area (Å²) in [5.74, 6) is -1.32. The largest absolute Gasteiger partial charge is 0.475 e. The van der Waals surface area contributed by atoms with Crippen molar-refractivity contribution in [3.63, 3.8) is 0 Å². The van der Waals surface area contributed by atoms with Crippen LogP contribution in [-0.4, -0.2) is 11.1 Å². The second-order valence-corrected chi connectivity index (χ2v) is 3.43. The molecule has 2 rings (SSSR count). The molecule has 0 aliphatic heterocycles. The van der Waals surface area contributed by atoms with Crippen molar-refractivity contribution in [2.75, 3.05) is 0 Å². The summed E-state index contributed by atoms with van der Waals surface area (Å²) in [4.78, 5) is 10.6. The third-order valence-corrected chi connectivity index (χ3v) is 2.28. The molecule has 1 aromatic carbocycles. The third kappa shape index (κ3) is 1.82. The number of benzene rings is 1. The number of halogens is 1. The van der Waals surface area contributed by atoms with Crippen molar-refractivity contribution in [1.82, 2.24) is 0 Å². The summed E-state index contributed by atoms with van der Waals surface area (Å²) in [7, 11) is 0. The lowest BCUT2D eigenvalue weighted by atomic mass is 10.1. The molecule has 0 aliphatic rings. The number of rotatable bonds is 2. The summed E-state index contributed by atoms with van der Waals surface area (Å²) in [6.07, 6.45) is 0. The van der Waals surface area contributed by atoms with Crippen molar-refractivity contribution in [2.24, 2.45) is 0 Å². The van der Waals surface area contributed by atoms with Crippen LogP contribution < -0.4 is 0 Å². The van der Waals surface area contributed by atoms with Crippen molar-refractivity contribution >= 4 is 5.97 Å². The first kappa shape index (κ1) is 10.4. The highest BCUT2D eigenvalue weighted by Crippen LogP contribution is 2.26. The Labute approximate surface area is 91.1 Å². The predicted molar refractivity (Wildman–Crippen MR) is 55.8 cm³/mol. The monoisotopic (exact) mass is 220 g/mol. The molecule has 2 aromatic rings. The average molecular weight is 220 g/mol. The molecule has 0 saturated carbocycles. The molecule has 0 fully saturated rings. The Morgan fingerprint density at radius 3 is 2.69 bits per heavy atom. The lowest BCUT2D eigenvalue weighted by Gasteiger charge is -2.01. The molecule has 0 aliphatic carbocycles. The average Bonchev–Trinajstić information content (AvgIpc) is 2.70. The van der Waals surface area contributed by atoms with Crippen molar-refractivity contribution in [1.29, 1.82) is 0 Å². The maximum absolute atomic E-state index is 13.0. The minimum atomic E-state index is -1.14. The Morgan fingerprint density at radius 1 is 1.31 bits per heavy atom. The summed E-state index contributed by atoms with van der Waals surface area (Å²) in [6.45, 7) is 1.80. The van der Waals surface area contributed by atoms with Crippen LogP contribution in [0.2, 0.25) is 0 Å². The number of hydrogen-bond acceptors (Lipinski definition) is 2. The van der Waals surface area contributed by atoms with Gasteiger partial charge in [-0.3, -0.25) is 0 Å². The number of carboxylic acid groups (broad SMARTS) is 1. The van der Waals surface area contributed by atoms with Crippen molar-refractivity contribution < 1.29 is 18.7 Å². The molecule has 0 bridgehead atoms. The SMILES string of the molecule is Cc1ccc(F)cc1-c1ccc(C(=O)O)o1. The Hall–Kier alpha value is -2.10. The smallest absolute Gasteiger partial charge is 0.371 e. The van der Waals surface area contributed by atoms with E-state index in [-0.39, 0.29) is 11.6 Å². The third-order valence-electron chi connectivity index (χ3n) is 2.28. The fourth-order valence-electron chi connectivity index (χ4n) is 1.46. The molecular formula is C12H9FO3. The highest BCUT2D eigenvalue weighted by Gasteiger charge is 2.12. The molecule has 1 heterocycles. The van der Waals surface area contributed by atoms with Crippen molar-refractivity contribution in [3.8, 4) is 11.3 Å². The zero-order chi connectivity index (χ0) is 11.7. The van der Waals surface area contributed by atoms with Gasteiger partial charge in [0.15, 0.2) is 0 Å².